The third kappa shape index (κ3) is 4.58. The molecule has 1 aromatic heterocycles. The fraction of sp³-hybridized carbons (Fsp3) is 0.600. The van der Waals surface area contributed by atoms with Crippen LogP contribution in [0.25, 0.3) is 0 Å². The zero-order chi connectivity index (χ0) is 15.2. The van der Waals surface area contributed by atoms with Gasteiger partial charge in [0.15, 0.2) is 0 Å². The lowest BCUT2D eigenvalue weighted by atomic mass is 10.0. The highest BCUT2D eigenvalue weighted by atomic mass is 35.5. The summed E-state index contributed by atoms with van der Waals surface area (Å²) in [5.74, 6) is -0.476. The number of piperidine rings is 1. The number of hydrogen-bond acceptors (Lipinski definition) is 4. The van der Waals surface area contributed by atoms with Crippen LogP contribution in [0.5, 0.6) is 0 Å². The van der Waals surface area contributed by atoms with Crippen LogP contribution in [0.2, 0.25) is 5.02 Å². The molecule has 2 rings (SSSR count). The molecule has 1 atom stereocenters. The Morgan fingerprint density at radius 1 is 1.57 bits per heavy atom. The minimum absolute atomic E-state index is 0.0822. The van der Waals surface area contributed by atoms with Gasteiger partial charge in [-0.2, -0.15) is 0 Å². The van der Waals surface area contributed by atoms with Crippen molar-refractivity contribution in [2.75, 3.05) is 25.0 Å². The Morgan fingerprint density at radius 2 is 2.38 bits per heavy atom. The molecule has 116 valence electrons. The van der Waals surface area contributed by atoms with Gasteiger partial charge in [-0.05, 0) is 38.8 Å². The molecule has 1 saturated heterocycles. The van der Waals surface area contributed by atoms with Gasteiger partial charge in [-0.3, -0.25) is 0 Å². The number of carboxylic acid groups (broad SMARTS) is 1. The van der Waals surface area contributed by atoms with Gasteiger partial charge in [-0.15, -0.1) is 0 Å². The van der Waals surface area contributed by atoms with Gasteiger partial charge in [0.2, 0.25) is 0 Å². The number of likely N-dealkylation sites (tertiary alicyclic amines) is 1. The number of pyridine rings is 1. The number of rotatable bonds is 6. The smallest absolute Gasteiger partial charge is 0.337 e. The summed E-state index contributed by atoms with van der Waals surface area (Å²) in [6.45, 7) is 5.31. The van der Waals surface area contributed by atoms with Crippen LogP contribution in [0.1, 0.15) is 43.0 Å². The van der Waals surface area contributed by atoms with Gasteiger partial charge in [0, 0.05) is 25.3 Å². The highest BCUT2D eigenvalue weighted by Gasteiger charge is 2.17. The maximum absolute atomic E-state index is 11.0. The third-order valence-electron chi connectivity index (χ3n) is 3.95. The minimum atomic E-state index is -1.03. The number of anilines is 1. The van der Waals surface area contributed by atoms with Crippen molar-refractivity contribution in [1.82, 2.24) is 9.88 Å². The lowest BCUT2D eigenvalue weighted by molar-refractivity contribution is 0.0697. The number of nitrogens with one attached hydrogen (secondary N) is 1. The van der Waals surface area contributed by atoms with E-state index in [0.717, 1.165) is 19.5 Å². The second kappa shape index (κ2) is 7.61. The Hall–Kier alpha value is -1.33. The Kier molecular flexibility index (Phi) is 5.82. The van der Waals surface area contributed by atoms with E-state index in [1.807, 2.05) is 0 Å². The van der Waals surface area contributed by atoms with Crippen LogP contribution >= 0.6 is 11.6 Å². The predicted molar refractivity (Wildman–Crippen MR) is 84.2 cm³/mol. The van der Waals surface area contributed by atoms with Crippen LogP contribution in [0.4, 0.5) is 5.82 Å². The second-order valence-corrected chi connectivity index (χ2v) is 5.92. The molecule has 0 saturated carbocycles. The summed E-state index contributed by atoms with van der Waals surface area (Å²) < 4.78 is 0. The second-order valence-electron chi connectivity index (χ2n) is 5.52. The van der Waals surface area contributed by atoms with Gasteiger partial charge < -0.3 is 15.3 Å². The summed E-state index contributed by atoms with van der Waals surface area (Å²) in [6, 6.07) is 2.15. The molecule has 0 aromatic carbocycles. The zero-order valence-electron chi connectivity index (χ0n) is 12.3. The van der Waals surface area contributed by atoms with Gasteiger partial charge in [0.1, 0.15) is 5.82 Å². The van der Waals surface area contributed by atoms with E-state index in [4.69, 9.17) is 16.7 Å². The molecule has 2 N–H and O–H groups in total. The van der Waals surface area contributed by atoms with Crippen LogP contribution in [-0.2, 0) is 0 Å². The average molecular weight is 312 g/mol. The Labute approximate surface area is 130 Å². The molecule has 21 heavy (non-hydrogen) atoms. The van der Waals surface area contributed by atoms with E-state index in [1.165, 1.54) is 38.1 Å². The monoisotopic (exact) mass is 311 g/mol. The minimum Gasteiger partial charge on any atom is -0.478 e. The number of carboxylic acids is 1. The molecule has 2 heterocycles. The number of aromatic carboxylic acids is 1. The van der Waals surface area contributed by atoms with Gasteiger partial charge in [0.05, 0.1) is 10.6 Å². The van der Waals surface area contributed by atoms with Gasteiger partial charge in [-0.25, -0.2) is 9.78 Å². The van der Waals surface area contributed by atoms with Crippen LogP contribution in [-0.4, -0.2) is 46.6 Å². The lowest BCUT2D eigenvalue weighted by Gasteiger charge is -2.33. The topological polar surface area (TPSA) is 65.5 Å². The fourth-order valence-corrected chi connectivity index (χ4v) is 2.87. The lowest BCUT2D eigenvalue weighted by Crippen LogP contribution is -2.38. The third-order valence-corrected chi connectivity index (χ3v) is 4.26. The van der Waals surface area contributed by atoms with Crippen LogP contribution in [0, 0.1) is 0 Å². The molecule has 5 nitrogen and oxygen atoms in total. The van der Waals surface area contributed by atoms with Crippen molar-refractivity contribution in [2.24, 2.45) is 0 Å². The molecule has 0 amide bonds. The maximum atomic E-state index is 11.0. The van der Waals surface area contributed by atoms with Crippen molar-refractivity contribution in [3.63, 3.8) is 0 Å². The normalized spacial score (nSPS) is 19.4. The summed E-state index contributed by atoms with van der Waals surface area (Å²) in [5.41, 5.74) is 0.0822. The van der Waals surface area contributed by atoms with E-state index in [2.05, 4.69) is 22.1 Å². The molecular weight excluding hydrogens is 290 g/mol. The molecule has 6 heteroatoms. The molecule has 0 bridgehead atoms. The maximum Gasteiger partial charge on any atom is 0.337 e. The van der Waals surface area contributed by atoms with E-state index in [0.29, 0.717) is 11.9 Å². The van der Waals surface area contributed by atoms with Crippen LogP contribution < -0.4 is 5.32 Å². The first-order valence-corrected chi connectivity index (χ1v) is 7.82. The number of nitrogens with zero attached hydrogens (tertiary/aromatic N) is 2. The molecule has 1 fully saturated rings. The fourth-order valence-electron chi connectivity index (χ4n) is 2.69. The van der Waals surface area contributed by atoms with E-state index < -0.39 is 5.97 Å². The number of hydrogen-bond donors (Lipinski definition) is 2. The number of aromatic nitrogens is 1. The van der Waals surface area contributed by atoms with E-state index in [1.54, 1.807) is 0 Å². The Bertz CT molecular complexity index is 496. The number of halogens is 1. The van der Waals surface area contributed by atoms with E-state index >= 15 is 0 Å². The average Bonchev–Trinajstić information content (AvgIpc) is 2.46. The van der Waals surface area contributed by atoms with Gasteiger partial charge >= 0.3 is 5.97 Å². The highest BCUT2D eigenvalue weighted by Crippen LogP contribution is 2.18. The molecule has 1 aliphatic rings. The molecular formula is C15H22ClN3O2. The summed E-state index contributed by atoms with van der Waals surface area (Å²) in [7, 11) is 0. The van der Waals surface area contributed by atoms with Crippen molar-refractivity contribution < 1.29 is 9.90 Å². The van der Waals surface area contributed by atoms with Crippen molar-refractivity contribution >= 4 is 23.4 Å². The largest absolute Gasteiger partial charge is 0.478 e. The summed E-state index contributed by atoms with van der Waals surface area (Å²) in [4.78, 5) is 17.6. The molecule has 1 aliphatic heterocycles. The van der Waals surface area contributed by atoms with Gasteiger partial charge in [-0.1, -0.05) is 18.0 Å². The quantitative estimate of drug-likeness (QED) is 0.790. The molecule has 1 aromatic rings. The summed E-state index contributed by atoms with van der Waals surface area (Å²) >= 11 is 5.79. The number of carbonyl (C=O) groups is 1. The van der Waals surface area contributed by atoms with E-state index in [9.17, 15) is 4.79 Å². The Morgan fingerprint density at radius 3 is 3.10 bits per heavy atom. The predicted octanol–water partition coefficient (Wildman–Crippen LogP) is 3.11. The summed E-state index contributed by atoms with van der Waals surface area (Å²) in [6.07, 6.45) is 6.30. The molecule has 0 radical (unpaired) electrons. The SMILES string of the molecule is CC1CCCCN1CCCNc1cc(C(=O)O)c(Cl)cn1. The first-order valence-electron chi connectivity index (χ1n) is 7.44. The van der Waals surface area contributed by atoms with E-state index in [-0.39, 0.29) is 10.6 Å². The standard InChI is InChI=1S/C15H22ClN3O2/c1-11-5-2-3-7-19(11)8-4-6-17-14-9-12(15(20)21)13(16)10-18-14/h9-11H,2-8H2,1H3,(H,17,18)(H,20,21). The first-order chi connectivity index (χ1) is 10.1. The highest BCUT2D eigenvalue weighted by molar-refractivity contribution is 6.33. The molecule has 0 spiro atoms. The van der Waals surface area contributed by atoms with Crippen LogP contribution in [0.15, 0.2) is 12.3 Å². The zero-order valence-corrected chi connectivity index (χ0v) is 13.1. The van der Waals surface area contributed by atoms with Crippen molar-refractivity contribution in [3.05, 3.63) is 22.8 Å². The van der Waals surface area contributed by atoms with Crippen molar-refractivity contribution in [2.45, 2.75) is 38.6 Å². The molecule has 1 unspecified atom stereocenters. The van der Waals surface area contributed by atoms with Crippen molar-refractivity contribution in [1.29, 1.82) is 0 Å². The molecule has 0 aliphatic carbocycles. The first kappa shape index (κ1) is 16.0. The van der Waals surface area contributed by atoms with Crippen molar-refractivity contribution in [3.8, 4) is 0 Å². The van der Waals surface area contributed by atoms with Gasteiger partial charge in [0.25, 0.3) is 0 Å². The summed E-state index contributed by atoms with van der Waals surface area (Å²) in [5, 5.41) is 12.3. The van der Waals surface area contributed by atoms with Crippen LogP contribution in [0.3, 0.4) is 0 Å². The Balaban J connectivity index is 1.78.